The minimum absolute atomic E-state index is 0.00356. The van der Waals surface area contributed by atoms with Crippen LogP contribution < -0.4 is 15.5 Å². The van der Waals surface area contributed by atoms with Crippen molar-refractivity contribution in [3.05, 3.63) is 95.1 Å². The van der Waals surface area contributed by atoms with E-state index in [1.54, 1.807) is 11.0 Å². The van der Waals surface area contributed by atoms with Crippen molar-refractivity contribution in [2.24, 2.45) is 5.73 Å². The predicted molar refractivity (Wildman–Crippen MR) is 153 cm³/mol. The standard InChI is InChI=1S/C32H26N4O3/c1-18-21(8-4-9-27(18)36-17-19-6-2-3-7-22(19)32(36)39)23-13-14-25(31(33)38)30-29(23)24-12-11-20(16-26(24)34-30)35-15-5-10-28(35)37/h2-4,6-9,11-14,16,34H,5,10,15,17H2,1H3,(H2,33,38). The smallest absolute Gasteiger partial charge is 0.258 e. The van der Waals surface area contributed by atoms with Crippen LogP contribution in [0.1, 0.15) is 44.7 Å². The molecule has 0 spiro atoms. The number of carbonyl (C=O) groups is 3. The molecule has 0 radical (unpaired) electrons. The van der Waals surface area contributed by atoms with E-state index in [1.807, 2.05) is 78.6 Å². The molecule has 0 unspecified atom stereocenters. The third-order valence-corrected chi connectivity index (χ3v) is 8.10. The molecule has 1 saturated heterocycles. The van der Waals surface area contributed by atoms with E-state index in [0.717, 1.165) is 61.9 Å². The number of aromatic amines is 1. The average Bonchev–Trinajstić information content (AvgIpc) is 3.63. The van der Waals surface area contributed by atoms with Crippen LogP contribution in [-0.2, 0) is 11.3 Å². The van der Waals surface area contributed by atoms with Crippen LogP contribution in [0.2, 0.25) is 0 Å². The van der Waals surface area contributed by atoms with Crippen molar-refractivity contribution in [3.63, 3.8) is 0 Å². The van der Waals surface area contributed by atoms with Gasteiger partial charge in [0.25, 0.3) is 11.8 Å². The van der Waals surface area contributed by atoms with Gasteiger partial charge in [-0.15, -0.1) is 0 Å². The molecule has 3 N–H and O–H groups in total. The van der Waals surface area contributed by atoms with Crippen LogP contribution in [0.3, 0.4) is 0 Å². The van der Waals surface area contributed by atoms with Gasteiger partial charge in [-0.25, -0.2) is 0 Å². The molecular weight excluding hydrogens is 488 g/mol. The third kappa shape index (κ3) is 3.46. The molecule has 0 bridgehead atoms. The van der Waals surface area contributed by atoms with Gasteiger partial charge >= 0.3 is 0 Å². The summed E-state index contributed by atoms with van der Waals surface area (Å²) in [5, 5.41) is 1.82. The van der Waals surface area contributed by atoms with E-state index in [-0.39, 0.29) is 11.8 Å². The lowest BCUT2D eigenvalue weighted by atomic mass is 9.93. The van der Waals surface area contributed by atoms with Gasteiger partial charge in [-0.1, -0.05) is 42.5 Å². The number of benzene rings is 4. The third-order valence-electron chi connectivity index (χ3n) is 8.10. The van der Waals surface area contributed by atoms with E-state index in [0.29, 0.717) is 30.6 Å². The maximum atomic E-state index is 13.3. The molecular formula is C32H26N4O3. The Morgan fingerprint density at radius 3 is 2.49 bits per heavy atom. The highest BCUT2D eigenvalue weighted by Gasteiger charge is 2.30. The maximum absolute atomic E-state index is 13.3. The Balaban J connectivity index is 1.41. The average molecular weight is 515 g/mol. The molecule has 0 atom stereocenters. The topological polar surface area (TPSA) is 99.5 Å². The summed E-state index contributed by atoms with van der Waals surface area (Å²) in [6.45, 7) is 3.26. The second-order valence-corrected chi connectivity index (χ2v) is 10.3. The van der Waals surface area contributed by atoms with Crippen LogP contribution in [0, 0.1) is 6.92 Å². The first-order valence-corrected chi connectivity index (χ1v) is 13.1. The molecule has 0 saturated carbocycles. The number of hydrogen-bond acceptors (Lipinski definition) is 3. The minimum Gasteiger partial charge on any atom is -0.366 e. The Kier molecular flexibility index (Phi) is 5.10. The Bertz CT molecular complexity index is 1870. The zero-order valence-corrected chi connectivity index (χ0v) is 21.5. The number of amides is 3. The first kappa shape index (κ1) is 23.2. The normalized spacial score (nSPS) is 15.1. The predicted octanol–water partition coefficient (Wildman–Crippen LogP) is 5.68. The number of nitrogens with zero attached hydrogens (tertiary/aromatic N) is 2. The van der Waals surface area contributed by atoms with Gasteiger partial charge < -0.3 is 20.5 Å². The van der Waals surface area contributed by atoms with Crippen LogP contribution in [0.5, 0.6) is 0 Å². The fourth-order valence-electron chi connectivity index (χ4n) is 6.18. The van der Waals surface area contributed by atoms with Crippen LogP contribution in [0.15, 0.2) is 72.8 Å². The van der Waals surface area contributed by atoms with E-state index in [9.17, 15) is 14.4 Å². The molecule has 7 nitrogen and oxygen atoms in total. The van der Waals surface area contributed by atoms with E-state index >= 15 is 0 Å². The maximum Gasteiger partial charge on any atom is 0.258 e. The number of H-pyrrole nitrogens is 1. The van der Waals surface area contributed by atoms with Gasteiger partial charge in [0.1, 0.15) is 0 Å². The van der Waals surface area contributed by atoms with Gasteiger partial charge in [0, 0.05) is 46.2 Å². The Hall–Kier alpha value is -4.91. The number of nitrogens with one attached hydrogen (secondary N) is 1. The van der Waals surface area contributed by atoms with E-state index in [4.69, 9.17) is 5.73 Å². The molecule has 1 fully saturated rings. The molecule has 192 valence electrons. The second kappa shape index (κ2) is 8.56. The van der Waals surface area contributed by atoms with Gasteiger partial charge in [-0.05, 0) is 65.9 Å². The molecule has 39 heavy (non-hydrogen) atoms. The summed E-state index contributed by atoms with van der Waals surface area (Å²) >= 11 is 0. The number of primary amides is 1. The summed E-state index contributed by atoms with van der Waals surface area (Å²) in [6.07, 6.45) is 1.40. The van der Waals surface area contributed by atoms with Crippen molar-refractivity contribution in [3.8, 4) is 11.1 Å². The largest absolute Gasteiger partial charge is 0.366 e. The van der Waals surface area contributed by atoms with Gasteiger partial charge in [0.2, 0.25) is 5.91 Å². The van der Waals surface area contributed by atoms with Crippen molar-refractivity contribution in [2.45, 2.75) is 26.3 Å². The van der Waals surface area contributed by atoms with E-state index < -0.39 is 5.91 Å². The summed E-state index contributed by atoms with van der Waals surface area (Å²) in [7, 11) is 0. The zero-order valence-electron chi connectivity index (χ0n) is 21.5. The van der Waals surface area contributed by atoms with Crippen LogP contribution in [0.4, 0.5) is 11.4 Å². The second-order valence-electron chi connectivity index (χ2n) is 10.3. The Labute approximate surface area is 224 Å². The minimum atomic E-state index is -0.515. The van der Waals surface area contributed by atoms with Crippen LogP contribution in [0.25, 0.3) is 32.9 Å². The highest BCUT2D eigenvalue weighted by Crippen LogP contribution is 2.41. The van der Waals surface area contributed by atoms with Gasteiger partial charge in [-0.3, -0.25) is 14.4 Å². The molecule has 3 amide bonds. The van der Waals surface area contributed by atoms with Crippen molar-refractivity contribution in [1.82, 2.24) is 4.98 Å². The van der Waals surface area contributed by atoms with Gasteiger partial charge in [-0.2, -0.15) is 0 Å². The van der Waals surface area contributed by atoms with E-state index in [2.05, 4.69) is 4.98 Å². The molecule has 2 aliphatic rings. The summed E-state index contributed by atoms with van der Waals surface area (Å²) < 4.78 is 0. The van der Waals surface area contributed by atoms with Crippen molar-refractivity contribution >= 4 is 50.9 Å². The monoisotopic (exact) mass is 514 g/mol. The van der Waals surface area contributed by atoms with Crippen LogP contribution in [-0.4, -0.2) is 29.3 Å². The number of aromatic nitrogens is 1. The SMILES string of the molecule is Cc1c(-c2ccc(C(N)=O)c3[nH]c4cc(N5CCCC5=O)ccc4c23)cccc1N1Cc2ccccc2C1=O. The summed E-state index contributed by atoms with van der Waals surface area (Å²) in [4.78, 5) is 45.1. The molecule has 0 aliphatic carbocycles. The number of anilines is 2. The number of nitrogens with two attached hydrogens (primary N) is 1. The lowest BCUT2D eigenvalue weighted by Gasteiger charge is -2.21. The van der Waals surface area contributed by atoms with Gasteiger partial charge in [0.15, 0.2) is 0 Å². The van der Waals surface area contributed by atoms with Crippen LogP contribution >= 0.6 is 0 Å². The molecule has 1 aromatic heterocycles. The molecule has 4 aromatic carbocycles. The summed E-state index contributed by atoms with van der Waals surface area (Å²) in [5.74, 6) is -0.398. The fraction of sp³-hybridized carbons (Fsp3) is 0.156. The molecule has 7 rings (SSSR count). The van der Waals surface area contributed by atoms with Gasteiger partial charge in [0.05, 0.1) is 17.6 Å². The summed E-state index contributed by atoms with van der Waals surface area (Å²) in [6, 6.07) is 23.3. The lowest BCUT2D eigenvalue weighted by Crippen LogP contribution is -2.24. The van der Waals surface area contributed by atoms with Crippen molar-refractivity contribution in [2.75, 3.05) is 16.3 Å². The number of fused-ring (bicyclic) bond motifs is 4. The molecule has 3 heterocycles. The molecule has 2 aliphatic heterocycles. The quantitative estimate of drug-likeness (QED) is 0.323. The number of rotatable bonds is 4. The fourth-order valence-corrected chi connectivity index (χ4v) is 6.18. The van der Waals surface area contributed by atoms with Crippen molar-refractivity contribution < 1.29 is 14.4 Å². The molecule has 5 aromatic rings. The first-order chi connectivity index (χ1) is 18.9. The first-order valence-electron chi connectivity index (χ1n) is 13.1. The Morgan fingerprint density at radius 1 is 0.897 bits per heavy atom. The highest BCUT2D eigenvalue weighted by atomic mass is 16.2. The molecule has 7 heteroatoms. The lowest BCUT2D eigenvalue weighted by molar-refractivity contribution is -0.117. The Morgan fingerprint density at radius 2 is 1.72 bits per heavy atom. The van der Waals surface area contributed by atoms with E-state index in [1.165, 1.54) is 0 Å². The van der Waals surface area contributed by atoms with Crippen molar-refractivity contribution in [1.29, 1.82) is 0 Å². The number of hydrogen-bond donors (Lipinski definition) is 2. The number of carbonyl (C=O) groups excluding carboxylic acids is 3. The zero-order chi connectivity index (χ0) is 26.8. The highest BCUT2D eigenvalue weighted by molar-refractivity contribution is 6.21. The summed E-state index contributed by atoms with van der Waals surface area (Å²) in [5.41, 5.74) is 14.0.